The van der Waals surface area contributed by atoms with Crippen LogP contribution in [0.1, 0.15) is 17.3 Å². The van der Waals surface area contributed by atoms with Crippen LogP contribution in [-0.2, 0) is 0 Å². The van der Waals surface area contributed by atoms with Crippen LogP contribution in [0, 0.1) is 0 Å². The Morgan fingerprint density at radius 2 is 2.50 bits per heavy atom. The normalized spacial score (nSPS) is 11.9. The Kier molecular flexibility index (Phi) is 3.83. The van der Waals surface area contributed by atoms with E-state index in [-0.39, 0.29) is 11.9 Å². The van der Waals surface area contributed by atoms with E-state index in [1.165, 1.54) is 0 Å². The van der Waals surface area contributed by atoms with Crippen molar-refractivity contribution in [3.05, 3.63) is 41.2 Å². The number of carbonyl (C=O) groups excluding carboxylic acids is 1. The van der Waals surface area contributed by atoms with Crippen molar-refractivity contribution in [2.24, 2.45) is 0 Å². The van der Waals surface area contributed by atoms with E-state index in [1.807, 2.05) is 6.92 Å². The second kappa shape index (κ2) is 4.91. The largest absolute Gasteiger partial charge is 0.346 e. The van der Waals surface area contributed by atoms with Gasteiger partial charge in [-0.2, -0.15) is 0 Å². The van der Waals surface area contributed by atoms with Crippen molar-refractivity contribution >= 4 is 21.8 Å². The van der Waals surface area contributed by atoms with Gasteiger partial charge in [0.15, 0.2) is 0 Å². The van der Waals surface area contributed by atoms with Crippen LogP contribution in [0.4, 0.5) is 0 Å². The monoisotopic (exact) mass is 254 g/mol. The Morgan fingerprint density at radius 1 is 1.79 bits per heavy atom. The maximum absolute atomic E-state index is 11.6. The molecule has 3 nitrogen and oxygen atoms in total. The fourth-order valence-electron chi connectivity index (χ4n) is 0.899. The van der Waals surface area contributed by atoms with Gasteiger partial charge in [-0.05, 0) is 35.0 Å². The average molecular weight is 255 g/mol. The molecule has 0 aliphatic rings. The maximum Gasteiger partial charge on any atom is 0.254 e. The molecule has 0 saturated carbocycles. The first-order valence-electron chi connectivity index (χ1n) is 4.19. The summed E-state index contributed by atoms with van der Waals surface area (Å²) in [7, 11) is 0. The second-order valence-corrected chi connectivity index (χ2v) is 3.59. The predicted octanol–water partition coefficient (Wildman–Crippen LogP) is 2.15. The molecule has 1 atom stereocenters. The number of rotatable bonds is 3. The number of carbonyl (C=O) groups is 1. The molecule has 1 unspecified atom stereocenters. The van der Waals surface area contributed by atoms with E-state index in [2.05, 4.69) is 32.8 Å². The smallest absolute Gasteiger partial charge is 0.254 e. The Balaban J connectivity index is 2.80. The minimum atomic E-state index is -0.155. The molecule has 14 heavy (non-hydrogen) atoms. The molecule has 1 aromatic rings. The molecule has 0 spiro atoms. The molecule has 0 aromatic carbocycles. The topological polar surface area (TPSA) is 42.0 Å². The molecule has 0 aliphatic carbocycles. The number of nitrogens with one attached hydrogen (secondary N) is 1. The quantitative estimate of drug-likeness (QED) is 0.664. The summed E-state index contributed by atoms with van der Waals surface area (Å²) in [5.74, 6) is -0.155. The molecule has 1 amide bonds. The van der Waals surface area contributed by atoms with E-state index in [9.17, 15) is 4.79 Å². The van der Waals surface area contributed by atoms with Crippen LogP contribution in [0.5, 0.6) is 0 Å². The predicted molar refractivity (Wildman–Crippen MR) is 59.1 cm³/mol. The van der Waals surface area contributed by atoms with Crippen molar-refractivity contribution in [3.8, 4) is 0 Å². The number of hydrogen-bond donors (Lipinski definition) is 1. The summed E-state index contributed by atoms with van der Waals surface area (Å²) in [5, 5.41) is 2.76. The van der Waals surface area contributed by atoms with Gasteiger partial charge < -0.3 is 5.32 Å². The lowest BCUT2D eigenvalue weighted by molar-refractivity contribution is 0.0946. The lowest BCUT2D eigenvalue weighted by Crippen LogP contribution is -2.31. The standard InChI is InChI=1S/C10H11BrN2O/c1-3-7(2)13-10(14)8-5-4-6-12-9(8)11/h3-7H,1H2,2H3,(H,13,14). The molecular formula is C10H11BrN2O. The molecule has 1 aromatic heterocycles. The average Bonchev–Trinajstić information content (AvgIpc) is 2.18. The van der Waals surface area contributed by atoms with E-state index >= 15 is 0 Å². The van der Waals surface area contributed by atoms with Crippen LogP contribution < -0.4 is 5.32 Å². The first kappa shape index (κ1) is 10.9. The second-order valence-electron chi connectivity index (χ2n) is 2.84. The fourth-order valence-corrected chi connectivity index (χ4v) is 1.33. The van der Waals surface area contributed by atoms with Crippen LogP contribution in [0.2, 0.25) is 0 Å². The van der Waals surface area contributed by atoms with Crippen molar-refractivity contribution in [1.29, 1.82) is 0 Å². The number of pyridine rings is 1. The molecule has 0 radical (unpaired) electrons. The van der Waals surface area contributed by atoms with E-state index < -0.39 is 0 Å². The minimum Gasteiger partial charge on any atom is -0.346 e. The van der Waals surface area contributed by atoms with Crippen molar-refractivity contribution in [3.63, 3.8) is 0 Å². The number of amides is 1. The lowest BCUT2D eigenvalue weighted by atomic mass is 10.2. The Bertz CT molecular complexity index is 352. The fraction of sp³-hybridized carbons (Fsp3) is 0.200. The highest BCUT2D eigenvalue weighted by atomic mass is 79.9. The molecule has 0 fully saturated rings. The van der Waals surface area contributed by atoms with Gasteiger partial charge in [0, 0.05) is 12.2 Å². The molecule has 0 saturated heterocycles. The van der Waals surface area contributed by atoms with E-state index in [0.717, 1.165) is 0 Å². The Labute approximate surface area is 91.4 Å². The third kappa shape index (κ3) is 2.67. The molecule has 0 bridgehead atoms. The van der Waals surface area contributed by atoms with Gasteiger partial charge in [-0.25, -0.2) is 4.98 Å². The highest BCUT2D eigenvalue weighted by Crippen LogP contribution is 2.12. The third-order valence-corrected chi connectivity index (χ3v) is 2.35. The summed E-state index contributed by atoms with van der Waals surface area (Å²) in [6, 6.07) is 3.38. The zero-order chi connectivity index (χ0) is 10.6. The van der Waals surface area contributed by atoms with Gasteiger partial charge in [-0.1, -0.05) is 6.08 Å². The van der Waals surface area contributed by atoms with Gasteiger partial charge in [0.1, 0.15) is 4.60 Å². The van der Waals surface area contributed by atoms with Crippen molar-refractivity contribution in [2.45, 2.75) is 13.0 Å². The Morgan fingerprint density at radius 3 is 3.07 bits per heavy atom. The van der Waals surface area contributed by atoms with E-state index in [1.54, 1.807) is 24.4 Å². The van der Waals surface area contributed by atoms with E-state index in [0.29, 0.717) is 10.2 Å². The highest BCUT2D eigenvalue weighted by Gasteiger charge is 2.10. The first-order valence-corrected chi connectivity index (χ1v) is 4.98. The molecule has 4 heteroatoms. The molecule has 0 aliphatic heterocycles. The summed E-state index contributed by atoms with van der Waals surface area (Å²) < 4.78 is 0.550. The Hall–Kier alpha value is -1.16. The van der Waals surface area contributed by atoms with Gasteiger partial charge in [0.25, 0.3) is 5.91 Å². The zero-order valence-electron chi connectivity index (χ0n) is 7.83. The molecule has 1 heterocycles. The zero-order valence-corrected chi connectivity index (χ0v) is 9.41. The number of nitrogens with zero attached hydrogens (tertiary/aromatic N) is 1. The van der Waals surface area contributed by atoms with Crippen molar-refractivity contribution < 1.29 is 4.79 Å². The number of hydrogen-bond acceptors (Lipinski definition) is 2. The summed E-state index contributed by atoms with van der Waals surface area (Å²) >= 11 is 3.21. The van der Waals surface area contributed by atoms with Gasteiger partial charge in [-0.15, -0.1) is 6.58 Å². The van der Waals surface area contributed by atoms with Crippen LogP contribution in [0.25, 0.3) is 0 Å². The lowest BCUT2D eigenvalue weighted by Gasteiger charge is -2.09. The van der Waals surface area contributed by atoms with Crippen LogP contribution in [0.3, 0.4) is 0 Å². The highest BCUT2D eigenvalue weighted by molar-refractivity contribution is 9.10. The molecular weight excluding hydrogens is 244 g/mol. The maximum atomic E-state index is 11.6. The van der Waals surface area contributed by atoms with Crippen molar-refractivity contribution in [1.82, 2.24) is 10.3 Å². The van der Waals surface area contributed by atoms with Gasteiger partial charge in [0.05, 0.1) is 5.56 Å². The van der Waals surface area contributed by atoms with Crippen LogP contribution in [-0.4, -0.2) is 16.9 Å². The third-order valence-electron chi connectivity index (χ3n) is 1.72. The summed E-state index contributed by atoms with van der Waals surface area (Å²) in [6.45, 7) is 5.44. The molecule has 1 N–H and O–H groups in total. The van der Waals surface area contributed by atoms with Crippen LogP contribution >= 0.6 is 15.9 Å². The van der Waals surface area contributed by atoms with Gasteiger partial charge >= 0.3 is 0 Å². The van der Waals surface area contributed by atoms with Crippen LogP contribution in [0.15, 0.2) is 35.6 Å². The van der Waals surface area contributed by atoms with Crippen molar-refractivity contribution in [2.75, 3.05) is 0 Å². The number of aromatic nitrogens is 1. The van der Waals surface area contributed by atoms with E-state index in [4.69, 9.17) is 0 Å². The SMILES string of the molecule is C=CC(C)NC(=O)c1cccnc1Br. The summed E-state index contributed by atoms with van der Waals surface area (Å²) in [6.07, 6.45) is 3.29. The molecule has 74 valence electrons. The summed E-state index contributed by atoms with van der Waals surface area (Å²) in [4.78, 5) is 15.6. The minimum absolute atomic E-state index is 0.0467. The van der Waals surface area contributed by atoms with Gasteiger partial charge in [0.2, 0.25) is 0 Å². The summed E-state index contributed by atoms with van der Waals surface area (Å²) in [5.41, 5.74) is 0.529. The molecule has 1 rings (SSSR count). The first-order chi connectivity index (χ1) is 6.65. The number of halogens is 1. The van der Waals surface area contributed by atoms with Gasteiger partial charge in [-0.3, -0.25) is 4.79 Å².